The van der Waals surface area contributed by atoms with Gasteiger partial charge in [-0.1, -0.05) is 46.9 Å². The second-order valence-corrected chi connectivity index (χ2v) is 6.68. The smallest absolute Gasteiger partial charge is 0.276 e. The minimum absolute atomic E-state index is 0.196. The first kappa shape index (κ1) is 16.4. The van der Waals surface area contributed by atoms with Crippen LogP contribution in [0.4, 0.5) is 5.69 Å². The molecule has 114 valence electrons. The second-order valence-electron chi connectivity index (χ2n) is 4.40. The van der Waals surface area contributed by atoms with E-state index in [1.807, 2.05) is 0 Å². The van der Waals surface area contributed by atoms with E-state index in [1.54, 1.807) is 29.2 Å². The molecule has 1 saturated heterocycles. The molecule has 21 heavy (non-hydrogen) atoms. The summed E-state index contributed by atoms with van der Waals surface area (Å²) in [5, 5.41) is 2.46. The largest absolute Gasteiger partial charge is 0.378 e. The van der Waals surface area contributed by atoms with Gasteiger partial charge in [-0.3, -0.25) is 9.59 Å². The van der Waals surface area contributed by atoms with Gasteiger partial charge in [0.05, 0.1) is 24.5 Å². The summed E-state index contributed by atoms with van der Waals surface area (Å²) >= 11 is 16.6. The molecule has 1 N–H and O–H groups in total. The fraction of sp³-hybridized carbons (Fsp3) is 0.385. The number of para-hydroxylation sites is 1. The van der Waals surface area contributed by atoms with Gasteiger partial charge in [-0.05, 0) is 12.1 Å². The summed E-state index contributed by atoms with van der Waals surface area (Å²) in [7, 11) is 0. The number of ether oxygens (including phenoxy) is 1. The van der Waals surface area contributed by atoms with Gasteiger partial charge in [-0.2, -0.15) is 0 Å². The van der Waals surface area contributed by atoms with Gasteiger partial charge >= 0.3 is 0 Å². The molecule has 0 saturated carbocycles. The predicted octanol–water partition coefficient (Wildman–Crippen LogP) is 2.47. The van der Waals surface area contributed by atoms with Crippen molar-refractivity contribution >= 4 is 52.3 Å². The third-order valence-electron chi connectivity index (χ3n) is 2.96. The Morgan fingerprint density at radius 3 is 2.38 bits per heavy atom. The maximum absolute atomic E-state index is 12.5. The maximum atomic E-state index is 12.5. The first-order valence-corrected chi connectivity index (χ1v) is 7.37. The molecular weight excluding hydrogens is 339 g/mol. The lowest BCUT2D eigenvalue weighted by molar-refractivity contribution is -0.115. The molecule has 0 atom stereocenters. The zero-order valence-corrected chi connectivity index (χ0v) is 13.2. The van der Waals surface area contributed by atoms with E-state index in [0.29, 0.717) is 37.6 Å². The van der Waals surface area contributed by atoms with Crippen LogP contribution >= 0.6 is 34.8 Å². The zero-order valence-electron chi connectivity index (χ0n) is 10.9. The quantitative estimate of drug-likeness (QED) is 0.833. The minimum atomic E-state index is -2.09. The van der Waals surface area contributed by atoms with E-state index < -0.39 is 9.70 Å². The Morgan fingerprint density at radius 1 is 1.14 bits per heavy atom. The lowest BCUT2D eigenvalue weighted by Gasteiger charge is -2.27. The number of alkyl halides is 3. The van der Waals surface area contributed by atoms with Crippen LogP contribution in [0, 0.1) is 0 Å². The summed E-state index contributed by atoms with van der Waals surface area (Å²) < 4.78 is 3.12. The zero-order chi connectivity index (χ0) is 15.5. The summed E-state index contributed by atoms with van der Waals surface area (Å²) in [5.74, 6) is -1.01. The monoisotopic (exact) mass is 350 g/mol. The number of amides is 2. The van der Waals surface area contributed by atoms with E-state index in [9.17, 15) is 9.59 Å². The molecule has 0 radical (unpaired) electrons. The van der Waals surface area contributed by atoms with Gasteiger partial charge in [0.15, 0.2) is 0 Å². The molecule has 0 bridgehead atoms. The van der Waals surface area contributed by atoms with E-state index >= 15 is 0 Å². The Balaban J connectivity index is 2.20. The van der Waals surface area contributed by atoms with Gasteiger partial charge in [-0.25, -0.2) is 0 Å². The van der Waals surface area contributed by atoms with Crippen LogP contribution in [0.2, 0.25) is 0 Å². The highest BCUT2D eigenvalue weighted by molar-refractivity contribution is 6.76. The Hall–Kier alpha value is -1.01. The fourth-order valence-corrected chi connectivity index (χ4v) is 2.05. The van der Waals surface area contributed by atoms with Crippen LogP contribution in [0.1, 0.15) is 10.4 Å². The average Bonchev–Trinajstić information content (AvgIpc) is 2.47. The molecule has 2 amide bonds. The highest BCUT2D eigenvalue weighted by Gasteiger charge is 2.31. The maximum Gasteiger partial charge on any atom is 0.276 e. The normalized spacial score (nSPS) is 15.7. The van der Waals surface area contributed by atoms with Crippen molar-refractivity contribution in [3.05, 3.63) is 29.8 Å². The Bertz CT molecular complexity index is 540. The van der Waals surface area contributed by atoms with Crippen molar-refractivity contribution in [2.45, 2.75) is 3.79 Å². The second kappa shape index (κ2) is 6.83. The number of nitrogens with zero attached hydrogens (tertiary/aromatic N) is 1. The van der Waals surface area contributed by atoms with Crippen LogP contribution in [-0.4, -0.2) is 46.8 Å². The molecule has 1 aliphatic heterocycles. The number of carbonyl (C=O) groups excluding carboxylic acids is 2. The van der Waals surface area contributed by atoms with E-state index in [4.69, 9.17) is 39.5 Å². The summed E-state index contributed by atoms with van der Waals surface area (Å²) in [6.45, 7) is 2.00. The molecule has 1 aromatic carbocycles. The first-order chi connectivity index (χ1) is 9.89. The summed E-state index contributed by atoms with van der Waals surface area (Å²) in [6, 6.07) is 6.59. The van der Waals surface area contributed by atoms with Crippen molar-refractivity contribution in [1.82, 2.24) is 4.90 Å². The van der Waals surface area contributed by atoms with E-state index in [-0.39, 0.29) is 5.91 Å². The van der Waals surface area contributed by atoms with Gasteiger partial charge in [-0.15, -0.1) is 0 Å². The number of carbonyl (C=O) groups is 2. The van der Waals surface area contributed by atoms with Gasteiger partial charge in [0.1, 0.15) is 0 Å². The first-order valence-electron chi connectivity index (χ1n) is 6.24. The van der Waals surface area contributed by atoms with Gasteiger partial charge in [0, 0.05) is 13.1 Å². The lowest BCUT2D eigenvalue weighted by Crippen LogP contribution is -2.41. The standard InChI is InChI=1S/C13H13Cl3N2O3/c14-13(15,16)12(20)17-10-4-2-1-3-9(10)11(19)18-5-7-21-8-6-18/h1-4H,5-8H2,(H,17,20). The fourth-order valence-electron chi connectivity index (χ4n) is 1.91. The predicted molar refractivity (Wildman–Crippen MR) is 82.1 cm³/mol. The van der Waals surface area contributed by atoms with Gasteiger partial charge < -0.3 is 15.0 Å². The molecule has 0 unspecified atom stereocenters. The van der Waals surface area contributed by atoms with Crippen molar-refractivity contribution in [3.63, 3.8) is 0 Å². The van der Waals surface area contributed by atoms with E-state index in [2.05, 4.69) is 5.32 Å². The van der Waals surface area contributed by atoms with Crippen LogP contribution in [0.3, 0.4) is 0 Å². The number of morpholine rings is 1. The number of hydrogen-bond donors (Lipinski definition) is 1. The number of rotatable bonds is 2. The van der Waals surface area contributed by atoms with Crippen LogP contribution in [0.15, 0.2) is 24.3 Å². The molecular formula is C13H13Cl3N2O3. The van der Waals surface area contributed by atoms with Crippen molar-refractivity contribution < 1.29 is 14.3 Å². The lowest BCUT2D eigenvalue weighted by atomic mass is 10.1. The SMILES string of the molecule is O=C(c1ccccc1NC(=O)C(Cl)(Cl)Cl)N1CCOCC1. The molecule has 8 heteroatoms. The van der Waals surface area contributed by atoms with Crippen LogP contribution in [0.25, 0.3) is 0 Å². The summed E-state index contributed by atoms with van der Waals surface area (Å²) in [5.41, 5.74) is 0.660. The molecule has 1 aliphatic rings. The van der Waals surface area contributed by atoms with Gasteiger partial charge in [0.2, 0.25) is 0 Å². The molecule has 1 fully saturated rings. The summed E-state index contributed by atoms with van der Waals surface area (Å²) in [6.07, 6.45) is 0. The highest BCUT2D eigenvalue weighted by atomic mass is 35.6. The Kier molecular flexibility index (Phi) is 5.32. The minimum Gasteiger partial charge on any atom is -0.378 e. The Labute approximate surface area is 137 Å². The third kappa shape index (κ3) is 4.23. The van der Waals surface area contributed by atoms with Crippen molar-refractivity contribution in [3.8, 4) is 0 Å². The van der Waals surface area contributed by atoms with E-state index in [1.165, 1.54) is 0 Å². The van der Waals surface area contributed by atoms with Crippen LogP contribution in [0.5, 0.6) is 0 Å². The molecule has 1 aromatic rings. The molecule has 1 heterocycles. The van der Waals surface area contributed by atoms with Crippen molar-refractivity contribution in [2.75, 3.05) is 31.6 Å². The number of halogens is 3. The average molecular weight is 352 g/mol. The topological polar surface area (TPSA) is 58.6 Å². The van der Waals surface area contributed by atoms with Crippen molar-refractivity contribution in [1.29, 1.82) is 0 Å². The van der Waals surface area contributed by atoms with Crippen LogP contribution < -0.4 is 5.32 Å². The highest BCUT2D eigenvalue weighted by Crippen LogP contribution is 2.28. The number of benzene rings is 1. The number of nitrogens with one attached hydrogen (secondary N) is 1. The molecule has 0 spiro atoms. The molecule has 0 aliphatic carbocycles. The molecule has 5 nitrogen and oxygen atoms in total. The van der Waals surface area contributed by atoms with E-state index in [0.717, 1.165) is 0 Å². The van der Waals surface area contributed by atoms with Crippen molar-refractivity contribution in [2.24, 2.45) is 0 Å². The van der Waals surface area contributed by atoms with Crippen LogP contribution in [-0.2, 0) is 9.53 Å². The van der Waals surface area contributed by atoms with Gasteiger partial charge in [0.25, 0.3) is 15.6 Å². The number of hydrogen-bond acceptors (Lipinski definition) is 3. The number of anilines is 1. The molecule has 0 aromatic heterocycles. The summed E-state index contributed by atoms with van der Waals surface area (Å²) in [4.78, 5) is 25.9. The molecule has 2 rings (SSSR count). The third-order valence-corrected chi connectivity index (χ3v) is 3.48. The Morgan fingerprint density at radius 2 is 1.76 bits per heavy atom.